The molecule has 1 atom stereocenters. The Kier molecular flexibility index (Phi) is 6.08. The van der Waals surface area contributed by atoms with Crippen molar-refractivity contribution in [1.29, 1.82) is 0 Å². The van der Waals surface area contributed by atoms with Crippen LogP contribution in [0.2, 0.25) is 5.02 Å². The molecule has 0 spiro atoms. The van der Waals surface area contributed by atoms with E-state index in [0.29, 0.717) is 18.1 Å². The number of carbonyl (C=O) groups excluding carboxylic acids is 1. The van der Waals surface area contributed by atoms with E-state index in [-0.39, 0.29) is 11.8 Å². The van der Waals surface area contributed by atoms with Gasteiger partial charge in [-0.05, 0) is 56.0 Å². The van der Waals surface area contributed by atoms with Crippen LogP contribution < -0.4 is 10.2 Å². The molecule has 1 fully saturated rings. The van der Waals surface area contributed by atoms with Crippen LogP contribution >= 0.6 is 22.9 Å². The molecule has 1 N–H and O–H groups in total. The molecule has 3 heterocycles. The number of nitrogens with zero attached hydrogens (tertiary/aromatic N) is 4. The van der Waals surface area contributed by atoms with Crippen LogP contribution in [0.15, 0.2) is 48.5 Å². The lowest BCUT2D eigenvalue weighted by molar-refractivity contribution is -0.125. The molecule has 170 valence electrons. The Bertz CT molecular complexity index is 1310. The minimum atomic E-state index is -0.0414. The molecule has 0 unspecified atom stereocenters. The molecule has 1 aliphatic heterocycles. The Balaban J connectivity index is 1.33. The number of rotatable bonds is 5. The predicted octanol–water partition coefficient (Wildman–Crippen LogP) is 5.29. The summed E-state index contributed by atoms with van der Waals surface area (Å²) in [6.07, 6.45) is 1.87. The number of fused-ring (bicyclic) bond motifs is 1. The predicted molar refractivity (Wildman–Crippen MR) is 134 cm³/mol. The number of benzene rings is 2. The maximum absolute atomic E-state index is 12.9. The van der Waals surface area contributed by atoms with Crippen LogP contribution in [0.4, 0.5) is 5.13 Å². The summed E-state index contributed by atoms with van der Waals surface area (Å²) >= 11 is 7.84. The van der Waals surface area contributed by atoms with Crippen LogP contribution in [-0.4, -0.2) is 33.8 Å². The normalized spacial score (nSPS) is 16.3. The number of aromatic nitrogens is 3. The number of thiazole rings is 1. The van der Waals surface area contributed by atoms with Crippen LogP contribution in [0, 0.1) is 19.8 Å². The average Bonchev–Trinajstić information content (AvgIpc) is 3.39. The van der Waals surface area contributed by atoms with Gasteiger partial charge in [0.05, 0.1) is 22.0 Å². The van der Waals surface area contributed by atoms with Gasteiger partial charge in [0.25, 0.3) is 0 Å². The van der Waals surface area contributed by atoms with Crippen molar-refractivity contribution in [3.05, 3.63) is 70.4 Å². The highest BCUT2D eigenvalue weighted by Crippen LogP contribution is 2.34. The Labute approximate surface area is 202 Å². The Morgan fingerprint density at radius 2 is 2.06 bits per heavy atom. The van der Waals surface area contributed by atoms with E-state index in [1.54, 1.807) is 11.3 Å². The number of amides is 1. The third-order valence-corrected chi connectivity index (χ3v) is 7.66. The van der Waals surface area contributed by atoms with E-state index < -0.39 is 0 Å². The van der Waals surface area contributed by atoms with Crippen LogP contribution in [-0.2, 0) is 11.3 Å². The largest absolute Gasteiger partial charge is 0.352 e. The van der Waals surface area contributed by atoms with E-state index >= 15 is 0 Å². The second-order valence-electron chi connectivity index (χ2n) is 8.56. The fourth-order valence-electron chi connectivity index (χ4n) is 4.35. The molecule has 8 heteroatoms. The second-order valence-corrected chi connectivity index (χ2v) is 9.97. The van der Waals surface area contributed by atoms with Crippen molar-refractivity contribution in [2.75, 3.05) is 18.0 Å². The zero-order valence-corrected chi connectivity index (χ0v) is 20.3. The molecule has 0 radical (unpaired) electrons. The lowest BCUT2D eigenvalue weighted by Crippen LogP contribution is -2.43. The van der Waals surface area contributed by atoms with Crippen LogP contribution in [0.5, 0.6) is 0 Å². The second kappa shape index (κ2) is 9.15. The number of anilines is 1. The minimum Gasteiger partial charge on any atom is -0.352 e. The summed E-state index contributed by atoms with van der Waals surface area (Å²) in [6.45, 7) is 6.23. The molecule has 6 nitrogen and oxygen atoms in total. The Hall–Kier alpha value is -2.90. The maximum atomic E-state index is 12.9. The molecule has 1 amide bonds. The molecule has 4 aromatic rings. The molecule has 2 aromatic heterocycles. The summed E-state index contributed by atoms with van der Waals surface area (Å²) in [4.78, 5) is 20.1. The van der Waals surface area contributed by atoms with Gasteiger partial charge in [0.15, 0.2) is 10.8 Å². The van der Waals surface area contributed by atoms with Gasteiger partial charge in [-0.1, -0.05) is 53.3 Å². The van der Waals surface area contributed by atoms with Crippen LogP contribution in [0.25, 0.3) is 16.0 Å². The van der Waals surface area contributed by atoms with Gasteiger partial charge < -0.3 is 10.2 Å². The standard InChI is InChI=1S/C25H26ClN5OS/c1-16-7-3-4-8-18(16)14-27-24(32)19-9-6-12-30(15-19)25-28-23-22(33-25)17(2)29-31(23)21-11-5-10-20(26)13-21/h3-5,7-8,10-11,13,19H,6,9,12,14-15H2,1-2H3,(H,27,32)/t19-/m0/s1. The van der Waals surface area contributed by atoms with Crippen molar-refractivity contribution in [2.45, 2.75) is 33.2 Å². The van der Waals surface area contributed by atoms with E-state index in [1.165, 1.54) is 5.56 Å². The molecule has 33 heavy (non-hydrogen) atoms. The number of aryl methyl sites for hydroxylation is 2. The summed E-state index contributed by atoms with van der Waals surface area (Å²) in [7, 11) is 0. The van der Waals surface area contributed by atoms with E-state index in [2.05, 4.69) is 34.4 Å². The van der Waals surface area contributed by atoms with Crippen molar-refractivity contribution in [2.24, 2.45) is 5.92 Å². The molecular weight excluding hydrogens is 454 g/mol. The van der Waals surface area contributed by atoms with Crippen molar-refractivity contribution in [1.82, 2.24) is 20.1 Å². The van der Waals surface area contributed by atoms with Gasteiger partial charge in [-0.25, -0.2) is 4.68 Å². The number of carbonyl (C=O) groups is 1. The molecule has 1 saturated heterocycles. The first-order valence-corrected chi connectivity index (χ1v) is 12.4. The smallest absolute Gasteiger partial charge is 0.225 e. The fourth-order valence-corrected chi connectivity index (χ4v) is 5.55. The van der Waals surface area contributed by atoms with Gasteiger partial charge in [-0.3, -0.25) is 4.79 Å². The first kappa shape index (κ1) is 21.9. The molecular formula is C25H26ClN5OS. The van der Waals surface area contributed by atoms with Gasteiger partial charge >= 0.3 is 0 Å². The third kappa shape index (κ3) is 4.48. The number of hydrogen-bond acceptors (Lipinski definition) is 5. The third-order valence-electron chi connectivity index (χ3n) is 6.21. The summed E-state index contributed by atoms with van der Waals surface area (Å²) in [5.74, 6) is 0.0747. The lowest BCUT2D eigenvalue weighted by atomic mass is 9.97. The van der Waals surface area contributed by atoms with Crippen molar-refractivity contribution in [3.8, 4) is 5.69 Å². The highest BCUT2D eigenvalue weighted by Gasteiger charge is 2.28. The van der Waals surface area contributed by atoms with Crippen molar-refractivity contribution < 1.29 is 4.79 Å². The zero-order chi connectivity index (χ0) is 22.9. The molecule has 5 rings (SSSR count). The zero-order valence-electron chi connectivity index (χ0n) is 18.7. The number of piperidine rings is 1. The maximum Gasteiger partial charge on any atom is 0.225 e. The van der Waals surface area contributed by atoms with E-state index in [1.807, 2.05) is 48.0 Å². The fraction of sp³-hybridized carbons (Fsp3) is 0.320. The van der Waals surface area contributed by atoms with Crippen molar-refractivity contribution >= 4 is 44.3 Å². The van der Waals surface area contributed by atoms with Gasteiger partial charge in [0, 0.05) is 24.7 Å². The molecule has 2 aromatic carbocycles. The quantitative estimate of drug-likeness (QED) is 0.422. The van der Waals surface area contributed by atoms with Crippen LogP contribution in [0.3, 0.4) is 0 Å². The lowest BCUT2D eigenvalue weighted by Gasteiger charge is -2.31. The Morgan fingerprint density at radius 3 is 2.88 bits per heavy atom. The van der Waals surface area contributed by atoms with Crippen molar-refractivity contribution in [3.63, 3.8) is 0 Å². The molecule has 0 bridgehead atoms. The minimum absolute atomic E-state index is 0.0414. The first-order chi connectivity index (χ1) is 16.0. The summed E-state index contributed by atoms with van der Waals surface area (Å²) in [5, 5.41) is 9.42. The topological polar surface area (TPSA) is 63.1 Å². The van der Waals surface area contributed by atoms with E-state index in [9.17, 15) is 4.79 Å². The summed E-state index contributed by atoms with van der Waals surface area (Å²) in [6, 6.07) is 15.8. The van der Waals surface area contributed by atoms with Crippen LogP contribution in [0.1, 0.15) is 29.7 Å². The van der Waals surface area contributed by atoms with E-state index in [4.69, 9.17) is 16.6 Å². The van der Waals surface area contributed by atoms with Gasteiger partial charge in [-0.2, -0.15) is 10.1 Å². The average molecular weight is 480 g/mol. The van der Waals surface area contributed by atoms with Gasteiger partial charge in [0.1, 0.15) is 0 Å². The van der Waals surface area contributed by atoms with Gasteiger partial charge in [0.2, 0.25) is 5.91 Å². The molecule has 0 saturated carbocycles. The molecule has 1 aliphatic rings. The Morgan fingerprint density at radius 1 is 1.21 bits per heavy atom. The number of nitrogens with one attached hydrogen (secondary N) is 1. The molecule has 0 aliphatic carbocycles. The SMILES string of the molecule is Cc1ccccc1CNC(=O)[C@H]1CCCN(c2nc3c(s2)c(C)nn3-c2cccc(Cl)c2)C1. The number of hydrogen-bond donors (Lipinski definition) is 1. The first-order valence-electron chi connectivity index (χ1n) is 11.2. The highest BCUT2D eigenvalue weighted by molar-refractivity contribution is 7.22. The highest BCUT2D eigenvalue weighted by atomic mass is 35.5. The van der Waals surface area contributed by atoms with Gasteiger partial charge in [-0.15, -0.1) is 0 Å². The summed E-state index contributed by atoms with van der Waals surface area (Å²) in [5.41, 5.74) is 5.02. The monoisotopic (exact) mass is 479 g/mol. The van der Waals surface area contributed by atoms with E-state index in [0.717, 1.165) is 51.8 Å². The number of halogens is 1. The summed E-state index contributed by atoms with van der Waals surface area (Å²) < 4.78 is 2.92.